The molecule has 1 saturated carbocycles. The molecule has 1 aromatic carbocycles. The maximum atomic E-state index is 13.2. The van der Waals surface area contributed by atoms with Gasteiger partial charge < -0.3 is 19.6 Å². The molecule has 1 N–H and O–H groups in total. The average Bonchev–Trinajstić information content (AvgIpc) is 2.61. The van der Waals surface area contributed by atoms with Gasteiger partial charge in [0.15, 0.2) is 0 Å². The molecule has 1 spiro atoms. The third-order valence-electron chi connectivity index (χ3n) is 6.06. The van der Waals surface area contributed by atoms with Gasteiger partial charge in [0.1, 0.15) is 0 Å². The number of nitrogens with zero attached hydrogens (tertiary/aromatic N) is 2. The van der Waals surface area contributed by atoms with Gasteiger partial charge in [-0.15, -0.1) is 0 Å². The van der Waals surface area contributed by atoms with Gasteiger partial charge in [-0.25, -0.2) is 4.79 Å². The van der Waals surface area contributed by atoms with Gasteiger partial charge in [0.25, 0.3) is 0 Å². The van der Waals surface area contributed by atoms with E-state index in [1.165, 1.54) is 6.42 Å². The molecule has 0 aromatic heterocycles. The van der Waals surface area contributed by atoms with Gasteiger partial charge in [-0.3, -0.25) is 0 Å². The molecule has 5 nitrogen and oxygen atoms in total. The van der Waals surface area contributed by atoms with Crippen LogP contribution < -0.4 is 0 Å². The number of carbonyl (C=O) groups is 1. The number of hydrogen-bond donors (Lipinski definition) is 1. The molecular weight excluding hydrogens is 304 g/mol. The van der Waals surface area contributed by atoms with Crippen LogP contribution >= 0.6 is 0 Å². The topological polar surface area (TPSA) is 53.0 Å². The van der Waals surface area contributed by atoms with Crippen LogP contribution in [0.1, 0.15) is 37.3 Å². The van der Waals surface area contributed by atoms with Crippen LogP contribution in [-0.2, 0) is 4.74 Å². The summed E-state index contributed by atoms with van der Waals surface area (Å²) >= 11 is 0. The number of piperidine rings is 1. The Kier molecular flexibility index (Phi) is 4.22. The van der Waals surface area contributed by atoms with E-state index in [2.05, 4.69) is 12.1 Å². The zero-order chi connectivity index (χ0) is 16.6. The monoisotopic (exact) mass is 330 g/mol. The molecule has 2 amide bonds. The molecule has 3 aliphatic rings. The third-order valence-corrected chi connectivity index (χ3v) is 6.06. The first-order valence-corrected chi connectivity index (χ1v) is 9.06. The van der Waals surface area contributed by atoms with Gasteiger partial charge in [-0.2, -0.15) is 0 Å². The molecule has 24 heavy (non-hydrogen) atoms. The van der Waals surface area contributed by atoms with Gasteiger partial charge in [-0.1, -0.05) is 36.8 Å². The largest absolute Gasteiger partial charge is 0.392 e. The number of benzene rings is 1. The normalized spacial score (nSPS) is 29.4. The quantitative estimate of drug-likeness (QED) is 0.860. The van der Waals surface area contributed by atoms with E-state index >= 15 is 0 Å². The number of urea groups is 1. The Morgan fingerprint density at radius 1 is 1.21 bits per heavy atom. The van der Waals surface area contributed by atoms with Gasteiger partial charge in [0.05, 0.1) is 25.4 Å². The fourth-order valence-corrected chi connectivity index (χ4v) is 4.40. The van der Waals surface area contributed by atoms with Crippen molar-refractivity contribution >= 4 is 6.03 Å². The third kappa shape index (κ3) is 2.70. The molecule has 1 aromatic rings. The van der Waals surface area contributed by atoms with Gasteiger partial charge in [-0.05, 0) is 24.8 Å². The molecule has 1 unspecified atom stereocenters. The highest BCUT2D eigenvalue weighted by molar-refractivity contribution is 5.75. The smallest absolute Gasteiger partial charge is 0.320 e. The standard InChI is InChI=1S/C19H26N2O3/c22-17-7-10-20(14-19(17)8-4-9-19)18(23)21-11-12-24-13-16(21)15-5-2-1-3-6-15/h1-3,5-6,16-17,22H,4,7-14H2/t16-,17?/m0/s1. The number of hydrogen-bond acceptors (Lipinski definition) is 3. The Balaban J connectivity index is 1.52. The van der Waals surface area contributed by atoms with Gasteiger partial charge in [0, 0.05) is 25.0 Å². The minimum absolute atomic E-state index is 0.0170. The molecule has 4 rings (SSSR count). The van der Waals surface area contributed by atoms with Crippen LogP contribution in [0, 0.1) is 5.41 Å². The number of rotatable bonds is 1. The van der Waals surface area contributed by atoms with E-state index in [9.17, 15) is 9.90 Å². The molecule has 0 radical (unpaired) electrons. The summed E-state index contributed by atoms with van der Waals surface area (Å²) < 4.78 is 5.64. The lowest BCUT2D eigenvalue weighted by molar-refractivity contribution is -0.0876. The van der Waals surface area contributed by atoms with Gasteiger partial charge in [0.2, 0.25) is 0 Å². The Morgan fingerprint density at radius 2 is 2.00 bits per heavy atom. The maximum Gasteiger partial charge on any atom is 0.320 e. The van der Waals surface area contributed by atoms with Gasteiger partial charge >= 0.3 is 6.03 Å². The minimum Gasteiger partial charge on any atom is -0.392 e. The van der Waals surface area contributed by atoms with Crippen molar-refractivity contribution in [2.75, 3.05) is 32.8 Å². The summed E-state index contributed by atoms with van der Waals surface area (Å²) in [6, 6.07) is 10.2. The predicted molar refractivity (Wildman–Crippen MR) is 90.6 cm³/mol. The molecule has 2 heterocycles. The second-order valence-electron chi connectivity index (χ2n) is 7.42. The molecular formula is C19H26N2O3. The second-order valence-corrected chi connectivity index (χ2v) is 7.42. The van der Waals surface area contributed by atoms with E-state index in [0.29, 0.717) is 39.3 Å². The lowest BCUT2D eigenvalue weighted by Gasteiger charge is -2.53. The van der Waals surface area contributed by atoms with Crippen molar-refractivity contribution in [3.05, 3.63) is 35.9 Å². The lowest BCUT2D eigenvalue weighted by atomic mass is 9.62. The van der Waals surface area contributed by atoms with Crippen molar-refractivity contribution in [1.82, 2.24) is 9.80 Å². The van der Waals surface area contributed by atoms with E-state index in [1.807, 2.05) is 28.0 Å². The van der Waals surface area contributed by atoms with Crippen LogP contribution in [0.2, 0.25) is 0 Å². The molecule has 0 bridgehead atoms. The second kappa shape index (κ2) is 6.37. The summed E-state index contributed by atoms with van der Waals surface area (Å²) in [5.74, 6) is 0. The van der Waals surface area contributed by atoms with Crippen LogP contribution in [0.15, 0.2) is 30.3 Å². The zero-order valence-electron chi connectivity index (χ0n) is 14.1. The molecule has 2 saturated heterocycles. The highest BCUT2D eigenvalue weighted by atomic mass is 16.5. The summed E-state index contributed by atoms with van der Waals surface area (Å²) in [4.78, 5) is 17.1. The van der Waals surface area contributed by atoms with Crippen molar-refractivity contribution in [2.45, 2.75) is 37.8 Å². The number of aliphatic hydroxyl groups excluding tert-OH is 1. The Labute approximate surface area is 143 Å². The average molecular weight is 330 g/mol. The lowest BCUT2D eigenvalue weighted by Crippen LogP contribution is -2.59. The first-order chi connectivity index (χ1) is 11.7. The Morgan fingerprint density at radius 3 is 2.71 bits per heavy atom. The van der Waals surface area contributed by atoms with E-state index in [4.69, 9.17) is 4.74 Å². The highest BCUT2D eigenvalue weighted by Crippen LogP contribution is 2.47. The minimum atomic E-state index is -0.245. The summed E-state index contributed by atoms with van der Waals surface area (Å²) in [5, 5.41) is 10.3. The first-order valence-electron chi connectivity index (χ1n) is 9.06. The Bertz CT molecular complexity index is 588. The predicted octanol–water partition coefficient (Wildman–Crippen LogP) is 2.42. The van der Waals surface area contributed by atoms with Crippen molar-refractivity contribution in [3.63, 3.8) is 0 Å². The summed E-state index contributed by atoms with van der Waals surface area (Å²) in [6.07, 6.45) is 3.71. The van der Waals surface area contributed by atoms with Crippen LogP contribution in [0.25, 0.3) is 0 Å². The number of morpholine rings is 1. The SMILES string of the molecule is O=C(N1CCC(O)C2(CCC2)C1)N1CCOC[C@H]1c1ccccc1. The molecule has 3 fully saturated rings. The zero-order valence-corrected chi connectivity index (χ0v) is 14.1. The Hall–Kier alpha value is -1.59. The fourth-order valence-electron chi connectivity index (χ4n) is 4.40. The number of amides is 2. The van der Waals surface area contributed by atoms with E-state index < -0.39 is 0 Å². The number of likely N-dealkylation sites (tertiary alicyclic amines) is 1. The maximum absolute atomic E-state index is 13.2. The van der Waals surface area contributed by atoms with Crippen molar-refractivity contribution < 1.29 is 14.6 Å². The fraction of sp³-hybridized carbons (Fsp3) is 0.632. The molecule has 1 aliphatic carbocycles. The number of aliphatic hydroxyl groups is 1. The van der Waals surface area contributed by atoms with Crippen molar-refractivity contribution in [2.24, 2.45) is 5.41 Å². The van der Waals surface area contributed by atoms with Crippen LogP contribution in [0.4, 0.5) is 4.79 Å². The van der Waals surface area contributed by atoms with Crippen molar-refractivity contribution in [1.29, 1.82) is 0 Å². The molecule has 2 atom stereocenters. The van der Waals surface area contributed by atoms with Crippen LogP contribution in [0.3, 0.4) is 0 Å². The van der Waals surface area contributed by atoms with Crippen molar-refractivity contribution in [3.8, 4) is 0 Å². The highest BCUT2D eigenvalue weighted by Gasteiger charge is 2.48. The number of carbonyl (C=O) groups excluding carboxylic acids is 1. The van der Waals surface area contributed by atoms with Crippen LogP contribution in [-0.4, -0.2) is 59.9 Å². The van der Waals surface area contributed by atoms with Crippen LogP contribution in [0.5, 0.6) is 0 Å². The van der Waals surface area contributed by atoms with E-state index in [-0.39, 0.29) is 23.6 Å². The summed E-state index contributed by atoms with van der Waals surface area (Å²) in [7, 11) is 0. The molecule has 130 valence electrons. The van der Waals surface area contributed by atoms with E-state index in [0.717, 1.165) is 18.4 Å². The summed E-state index contributed by atoms with van der Waals surface area (Å²) in [5.41, 5.74) is 1.09. The molecule has 2 aliphatic heterocycles. The molecule has 5 heteroatoms. The van der Waals surface area contributed by atoms with E-state index in [1.54, 1.807) is 0 Å². The number of ether oxygens (including phenoxy) is 1. The summed E-state index contributed by atoms with van der Waals surface area (Å²) in [6.45, 7) is 3.13. The first kappa shape index (κ1) is 15.9.